The van der Waals surface area contributed by atoms with Crippen molar-refractivity contribution in [1.29, 1.82) is 0 Å². The average molecular weight is 479 g/mol. The van der Waals surface area contributed by atoms with Crippen LogP contribution >= 0.6 is 11.6 Å². The molecule has 5 rings (SSSR count). The minimum atomic E-state index is 0.158. The van der Waals surface area contributed by atoms with Gasteiger partial charge in [0.1, 0.15) is 5.75 Å². The fourth-order valence-corrected chi connectivity index (χ4v) is 4.57. The zero-order chi connectivity index (χ0) is 23.7. The van der Waals surface area contributed by atoms with Gasteiger partial charge in [0.15, 0.2) is 5.65 Å². The number of aliphatic hydroxyl groups excluding tert-OH is 1. The fraction of sp³-hybridized carbons (Fsp3) is 0.280. The van der Waals surface area contributed by atoms with Gasteiger partial charge in [-0.05, 0) is 61.0 Å². The number of phenols is 1. The number of halogens is 1. The van der Waals surface area contributed by atoms with Gasteiger partial charge in [0.25, 0.3) is 0 Å². The smallest absolute Gasteiger partial charge is 0.247 e. The third-order valence-corrected chi connectivity index (χ3v) is 6.39. The summed E-state index contributed by atoms with van der Waals surface area (Å²) >= 11 is 6.33. The van der Waals surface area contributed by atoms with Crippen molar-refractivity contribution < 1.29 is 10.2 Å². The number of phenolic OH excluding ortho intramolecular Hbond substituents is 1. The summed E-state index contributed by atoms with van der Waals surface area (Å²) in [5.74, 6) is 0.661. The number of nitrogens with one attached hydrogen (secondary N) is 1. The highest BCUT2D eigenvalue weighted by Gasteiger charge is 2.17. The summed E-state index contributed by atoms with van der Waals surface area (Å²) in [5.41, 5.74) is 5.52. The second kappa shape index (κ2) is 9.50. The zero-order valence-corrected chi connectivity index (χ0v) is 19.7. The molecule has 9 heteroatoms. The van der Waals surface area contributed by atoms with Crippen LogP contribution in [0, 0.1) is 6.92 Å². The number of pyridine rings is 1. The Morgan fingerprint density at radius 2 is 1.85 bits per heavy atom. The number of aryl methyl sites for hydroxylation is 1. The Bertz CT molecular complexity index is 1320. The molecule has 0 amide bonds. The molecule has 3 N–H and O–H groups in total. The average Bonchev–Trinajstić information content (AvgIpc) is 3.22. The summed E-state index contributed by atoms with van der Waals surface area (Å²) in [6.07, 6.45) is 1.85. The van der Waals surface area contributed by atoms with Crippen molar-refractivity contribution >= 4 is 34.6 Å². The van der Waals surface area contributed by atoms with Gasteiger partial charge >= 0.3 is 0 Å². The second-order valence-corrected chi connectivity index (χ2v) is 8.96. The number of piperazine rings is 1. The van der Waals surface area contributed by atoms with E-state index in [2.05, 4.69) is 50.3 Å². The van der Waals surface area contributed by atoms with Gasteiger partial charge in [-0.3, -0.25) is 4.90 Å². The number of aromatic nitrogens is 3. The van der Waals surface area contributed by atoms with Crippen molar-refractivity contribution in [3.63, 3.8) is 0 Å². The SMILES string of the molecule is Cc1cc(Nc2nc3ccc(-c4cc(O)ccc4Cl)cn3n2)cc(N2CCN(CCO)CC2)c1. The molecule has 0 spiro atoms. The standard InChI is InChI=1S/C25H27ClN6O2/c1-17-12-19(14-20(13-17)31-8-6-30(7-9-31)10-11-33)27-25-28-24-5-2-18(16-32(24)29-25)22-15-21(34)3-4-23(22)26/h2-5,12-16,33-34H,6-11H2,1H3,(H,27,29). The maximum absolute atomic E-state index is 9.84. The Morgan fingerprint density at radius 3 is 2.65 bits per heavy atom. The minimum Gasteiger partial charge on any atom is -0.508 e. The first-order valence-corrected chi connectivity index (χ1v) is 11.7. The summed E-state index contributed by atoms with van der Waals surface area (Å²) < 4.78 is 1.70. The molecule has 2 aromatic heterocycles. The van der Waals surface area contributed by atoms with Crippen LogP contribution in [-0.2, 0) is 0 Å². The van der Waals surface area contributed by atoms with Crippen molar-refractivity contribution in [3.05, 3.63) is 65.3 Å². The molecular weight excluding hydrogens is 452 g/mol. The molecule has 0 atom stereocenters. The molecule has 3 heterocycles. The summed E-state index contributed by atoms with van der Waals surface area (Å²) in [6, 6.07) is 15.1. The first-order chi connectivity index (χ1) is 16.5. The first kappa shape index (κ1) is 22.5. The number of β-amino-alcohol motifs (C(OH)–C–C–N with tert-alkyl or cyclic N) is 1. The van der Waals surface area contributed by atoms with Gasteiger partial charge in [0.05, 0.1) is 6.61 Å². The lowest BCUT2D eigenvalue weighted by atomic mass is 10.1. The normalized spacial score (nSPS) is 14.6. The van der Waals surface area contributed by atoms with E-state index in [4.69, 9.17) is 11.6 Å². The van der Waals surface area contributed by atoms with Gasteiger partial charge in [-0.2, -0.15) is 4.98 Å². The highest BCUT2D eigenvalue weighted by molar-refractivity contribution is 6.33. The van der Waals surface area contributed by atoms with Crippen molar-refractivity contribution in [3.8, 4) is 16.9 Å². The van der Waals surface area contributed by atoms with Crippen LogP contribution in [0.1, 0.15) is 5.56 Å². The lowest BCUT2D eigenvalue weighted by Gasteiger charge is -2.36. The molecule has 0 radical (unpaired) electrons. The third-order valence-electron chi connectivity index (χ3n) is 6.06. The van der Waals surface area contributed by atoms with E-state index in [0.29, 0.717) is 16.6 Å². The van der Waals surface area contributed by atoms with Crippen LogP contribution in [-0.4, -0.2) is 69.0 Å². The molecular formula is C25H27ClN6O2. The molecule has 0 unspecified atom stereocenters. The summed E-state index contributed by atoms with van der Waals surface area (Å²) in [4.78, 5) is 9.25. The molecule has 1 aliphatic rings. The number of hydrogen-bond acceptors (Lipinski definition) is 7. The van der Waals surface area contributed by atoms with Gasteiger partial charge in [-0.1, -0.05) is 11.6 Å². The second-order valence-electron chi connectivity index (χ2n) is 8.55. The number of hydrogen-bond donors (Lipinski definition) is 3. The molecule has 0 saturated carbocycles. The van der Waals surface area contributed by atoms with E-state index in [-0.39, 0.29) is 12.4 Å². The van der Waals surface area contributed by atoms with Crippen LogP contribution in [0.2, 0.25) is 5.02 Å². The Hall–Kier alpha value is -3.33. The Labute approximate surface area is 203 Å². The zero-order valence-electron chi connectivity index (χ0n) is 18.9. The van der Waals surface area contributed by atoms with E-state index >= 15 is 0 Å². The molecule has 34 heavy (non-hydrogen) atoms. The predicted octanol–water partition coefficient (Wildman–Crippen LogP) is 3.92. The van der Waals surface area contributed by atoms with Crippen molar-refractivity contribution in [1.82, 2.24) is 19.5 Å². The number of rotatable bonds is 6. The van der Waals surface area contributed by atoms with E-state index in [1.807, 2.05) is 18.3 Å². The molecule has 1 aliphatic heterocycles. The van der Waals surface area contributed by atoms with Gasteiger partial charge in [0, 0.05) is 66.4 Å². The number of nitrogens with zero attached hydrogens (tertiary/aromatic N) is 5. The Balaban J connectivity index is 1.36. The molecule has 0 aliphatic carbocycles. The van der Waals surface area contributed by atoms with Crippen LogP contribution in [0.4, 0.5) is 17.3 Å². The molecule has 1 fully saturated rings. The van der Waals surface area contributed by atoms with Crippen LogP contribution in [0.25, 0.3) is 16.8 Å². The number of anilines is 3. The van der Waals surface area contributed by atoms with E-state index in [1.54, 1.807) is 22.7 Å². The first-order valence-electron chi connectivity index (χ1n) is 11.3. The maximum Gasteiger partial charge on any atom is 0.247 e. The van der Waals surface area contributed by atoms with E-state index in [1.165, 1.54) is 0 Å². The predicted molar refractivity (Wildman–Crippen MR) is 135 cm³/mol. The number of aromatic hydroxyl groups is 1. The van der Waals surface area contributed by atoms with Crippen molar-refractivity contribution in [2.45, 2.75) is 6.92 Å². The maximum atomic E-state index is 9.84. The van der Waals surface area contributed by atoms with Crippen molar-refractivity contribution in [2.24, 2.45) is 0 Å². The van der Waals surface area contributed by atoms with Crippen molar-refractivity contribution in [2.75, 3.05) is 49.5 Å². The van der Waals surface area contributed by atoms with E-state index in [0.717, 1.165) is 60.8 Å². The lowest BCUT2D eigenvalue weighted by molar-refractivity contribution is 0.189. The minimum absolute atomic E-state index is 0.158. The quantitative estimate of drug-likeness (QED) is 0.387. The van der Waals surface area contributed by atoms with Crippen LogP contribution in [0.15, 0.2) is 54.7 Å². The summed E-state index contributed by atoms with van der Waals surface area (Å²) in [5, 5.41) is 27.5. The molecule has 1 saturated heterocycles. The van der Waals surface area contributed by atoms with Gasteiger partial charge in [-0.25, -0.2) is 4.52 Å². The third kappa shape index (κ3) is 4.79. The molecule has 176 valence electrons. The van der Waals surface area contributed by atoms with Gasteiger partial charge in [0.2, 0.25) is 5.95 Å². The van der Waals surface area contributed by atoms with Gasteiger partial charge in [-0.15, -0.1) is 5.10 Å². The topological polar surface area (TPSA) is 89.2 Å². The molecule has 0 bridgehead atoms. The highest BCUT2D eigenvalue weighted by atomic mass is 35.5. The van der Waals surface area contributed by atoms with Crippen LogP contribution < -0.4 is 10.2 Å². The Kier molecular flexibility index (Phi) is 6.28. The molecule has 2 aromatic carbocycles. The number of benzene rings is 2. The van der Waals surface area contributed by atoms with Crippen LogP contribution in [0.3, 0.4) is 0 Å². The largest absolute Gasteiger partial charge is 0.508 e. The molecule has 4 aromatic rings. The number of fused-ring (bicyclic) bond motifs is 1. The monoisotopic (exact) mass is 478 g/mol. The Morgan fingerprint density at radius 1 is 1.03 bits per heavy atom. The lowest BCUT2D eigenvalue weighted by Crippen LogP contribution is -2.47. The van der Waals surface area contributed by atoms with Gasteiger partial charge < -0.3 is 20.4 Å². The summed E-state index contributed by atoms with van der Waals surface area (Å²) in [6.45, 7) is 6.75. The number of aliphatic hydroxyl groups is 1. The fourth-order valence-electron chi connectivity index (χ4n) is 4.35. The van der Waals surface area contributed by atoms with Crippen LogP contribution in [0.5, 0.6) is 5.75 Å². The molecule has 8 nitrogen and oxygen atoms in total. The summed E-state index contributed by atoms with van der Waals surface area (Å²) in [7, 11) is 0. The van der Waals surface area contributed by atoms with E-state index in [9.17, 15) is 10.2 Å². The highest BCUT2D eigenvalue weighted by Crippen LogP contribution is 2.31. The van der Waals surface area contributed by atoms with E-state index < -0.39 is 0 Å².